The molecule has 1 saturated heterocycles. The van der Waals surface area contributed by atoms with E-state index in [-0.39, 0.29) is 17.6 Å². The van der Waals surface area contributed by atoms with Crippen LogP contribution in [0.3, 0.4) is 0 Å². The molecular formula is C15H20N2O3S. The quantitative estimate of drug-likeness (QED) is 0.902. The van der Waals surface area contributed by atoms with Crippen LogP contribution in [-0.4, -0.2) is 38.1 Å². The molecule has 1 atom stereocenters. The number of hydrogen-bond donors (Lipinski definition) is 1. The summed E-state index contributed by atoms with van der Waals surface area (Å²) in [6, 6.07) is 5.92. The third kappa shape index (κ3) is 3.11. The lowest BCUT2D eigenvalue weighted by Gasteiger charge is -2.18. The van der Waals surface area contributed by atoms with E-state index in [2.05, 4.69) is 6.07 Å². The Hall–Kier alpha value is -1.40. The summed E-state index contributed by atoms with van der Waals surface area (Å²) in [5, 5.41) is 5.09. The summed E-state index contributed by atoms with van der Waals surface area (Å²) in [7, 11) is -3.47. The van der Waals surface area contributed by atoms with Crippen molar-refractivity contribution in [3.8, 4) is 0 Å². The molecule has 5 nitrogen and oxygen atoms in total. The fourth-order valence-electron chi connectivity index (χ4n) is 3.47. The zero-order valence-electron chi connectivity index (χ0n) is 11.9. The summed E-state index contributed by atoms with van der Waals surface area (Å²) in [5.41, 5.74) is 3.25. The number of primary sulfonamides is 1. The number of fused-ring (bicyclic) bond motifs is 1. The van der Waals surface area contributed by atoms with E-state index in [1.165, 1.54) is 11.1 Å². The van der Waals surface area contributed by atoms with E-state index in [1.807, 2.05) is 12.1 Å². The molecule has 114 valence electrons. The maximum Gasteiger partial charge on any atom is 0.254 e. The number of hydrogen-bond acceptors (Lipinski definition) is 3. The van der Waals surface area contributed by atoms with E-state index in [4.69, 9.17) is 5.14 Å². The van der Waals surface area contributed by atoms with Gasteiger partial charge >= 0.3 is 0 Å². The third-order valence-electron chi connectivity index (χ3n) is 4.42. The van der Waals surface area contributed by atoms with Crippen molar-refractivity contribution in [3.63, 3.8) is 0 Å². The number of nitrogens with two attached hydrogens (primary N) is 1. The zero-order valence-corrected chi connectivity index (χ0v) is 12.7. The Balaban J connectivity index is 1.74. The predicted octanol–water partition coefficient (Wildman–Crippen LogP) is 0.926. The Bertz CT molecular complexity index is 669. The number of sulfonamides is 1. The highest BCUT2D eigenvalue weighted by molar-refractivity contribution is 7.89. The van der Waals surface area contributed by atoms with Gasteiger partial charge in [-0.1, -0.05) is 12.1 Å². The lowest BCUT2D eigenvalue weighted by atomic mass is 10.0. The Morgan fingerprint density at radius 2 is 2.14 bits per heavy atom. The van der Waals surface area contributed by atoms with Crippen molar-refractivity contribution in [2.75, 3.05) is 18.8 Å². The molecule has 1 aliphatic heterocycles. The van der Waals surface area contributed by atoms with Crippen LogP contribution < -0.4 is 5.14 Å². The van der Waals surface area contributed by atoms with Gasteiger partial charge in [-0.15, -0.1) is 0 Å². The van der Waals surface area contributed by atoms with Crippen molar-refractivity contribution in [3.05, 3.63) is 34.9 Å². The number of likely N-dealkylation sites (tertiary alicyclic amines) is 1. The number of benzene rings is 1. The van der Waals surface area contributed by atoms with Gasteiger partial charge in [0.2, 0.25) is 10.0 Å². The molecule has 0 spiro atoms. The van der Waals surface area contributed by atoms with Gasteiger partial charge in [0.1, 0.15) is 0 Å². The molecule has 0 bridgehead atoms. The second kappa shape index (κ2) is 5.42. The molecule has 21 heavy (non-hydrogen) atoms. The van der Waals surface area contributed by atoms with Crippen LogP contribution >= 0.6 is 0 Å². The van der Waals surface area contributed by atoms with Crippen molar-refractivity contribution < 1.29 is 13.2 Å². The summed E-state index contributed by atoms with van der Waals surface area (Å²) >= 11 is 0. The van der Waals surface area contributed by atoms with Crippen molar-refractivity contribution in [1.82, 2.24) is 4.90 Å². The average molecular weight is 308 g/mol. The molecule has 2 N–H and O–H groups in total. The SMILES string of the molecule is NS(=O)(=O)CC1CCN(C(=O)c2cccc3c2CCC3)C1. The maximum atomic E-state index is 12.7. The molecule has 1 aromatic carbocycles. The first kappa shape index (κ1) is 14.5. The van der Waals surface area contributed by atoms with Gasteiger partial charge in [-0.2, -0.15) is 0 Å². The highest BCUT2D eigenvalue weighted by Crippen LogP contribution is 2.28. The van der Waals surface area contributed by atoms with Gasteiger partial charge in [-0.3, -0.25) is 4.79 Å². The summed E-state index contributed by atoms with van der Waals surface area (Å²) in [5.74, 6) is -0.0460. The first-order valence-electron chi connectivity index (χ1n) is 7.34. The van der Waals surface area contributed by atoms with Crippen LogP contribution in [0.5, 0.6) is 0 Å². The molecule has 1 amide bonds. The zero-order chi connectivity index (χ0) is 15.0. The van der Waals surface area contributed by atoms with Gasteiger partial charge in [-0.25, -0.2) is 13.6 Å². The molecule has 0 saturated carbocycles. The first-order chi connectivity index (χ1) is 9.94. The summed E-state index contributed by atoms with van der Waals surface area (Å²) in [6.45, 7) is 1.10. The molecule has 1 fully saturated rings. The number of amides is 1. The molecular weight excluding hydrogens is 288 g/mol. The largest absolute Gasteiger partial charge is 0.338 e. The molecule has 6 heteroatoms. The molecule has 1 aliphatic carbocycles. The minimum atomic E-state index is -3.47. The van der Waals surface area contributed by atoms with Gasteiger partial charge in [0.15, 0.2) is 0 Å². The second-order valence-corrected chi connectivity index (χ2v) is 7.69. The van der Waals surface area contributed by atoms with Crippen molar-refractivity contribution in [2.24, 2.45) is 11.1 Å². The molecule has 0 radical (unpaired) electrons. The number of rotatable bonds is 3. The van der Waals surface area contributed by atoms with E-state index >= 15 is 0 Å². The number of nitrogens with zero attached hydrogens (tertiary/aromatic N) is 1. The molecule has 1 heterocycles. The molecule has 2 aliphatic rings. The average Bonchev–Trinajstić information content (AvgIpc) is 3.03. The minimum absolute atomic E-state index is 0.0330. The van der Waals surface area contributed by atoms with E-state index in [9.17, 15) is 13.2 Å². The van der Waals surface area contributed by atoms with Gasteiger partial charge < -0.3 is 4.90 Å². The predicted molar refractivity (Wildman–Crippen MR) is 80.5 cm³/mol. The van der Waals surface area contributed by atoms with Crippen LogP contribution in [0.4, 0.5) is 0 Å². The van der Waals surface area contributed by atoms with Crippen molar-refractivity contribution >= 4 is 15.9 Å². The van der Waals surface area contributed by atoms with E-state index in [0.717, 1.165) is 24.8 Å². The van der Waals surface area contributed by atoms with Crippen LogP contribution in [0.1, 0.15) is 34.3 Å². The fraction of sp³-hybridized carbons (Fsp3) is 0.533. The topological polar surface area (TPSA) is 80.5 Å². The highest BCUT2D eigenvalue weighted by atomic mass is 32.2. The maximum absolute atomic E-state index is 12.7. The molecule has 1 unspecified atom stereocenters. The van der Waals surface area contributed by atoms with E-state index in [1.54, 1.807) is 4.90 Å². The standard InChI is InChI=1S/C15H20N2O3S/c16-21(19,20)10-11-7-8-17(9-11)15(18)14-6-2-4-12-3-1-5-13(12)14/h2,4,6,11H,1,3,5,7-10H2,(H2,16,19,20). The minimum Gasteiger partial charge on any atom is -0.338 e. The van der Waals surface area contributed by atoms with Gasteiger partial charge in [0.25, 0.3) is 5.91 Å². The summed E-state index contributed by atoms with van der Waals surface area (Å²) < 4.78 is 22.3. The van der Waals surface area contributed by atoms with Crippen LogP contribution in [0, 0.1) is 5.92 Å². The Kier molecular flexibility index (Phi) is 3.75. The fourth-order valence-corrected chi connectivity index (χ4v) is 4.40. The molecule has 0 aromatic heterocycles. The Labute approximate surface area is 125 Å². The van der Waals surface area contributed by atoms with E-state index in [0.29, 0.717) is 19.5 Å². The summed E-state index contributed by atoms with van der Waals surface area (Å²) in [4.78, 5) is 14.4. The van der Waals surface area contributed by atoms with Crippen LogP contribution in [0.15, 0.2) is 18.2 Å². The second-order valence-electron chi connectivity index (χ2n) is 6.03. The van der Waals surface area contributed by atoms with E-state index < -0.39 is 10.0 Å². The summed E-state index contributed by atoms with van der Waals surface area (Å²) in [6.07, 6.45) is 3.82. The normalized spacial score (nSPS) is 21.6. The lowest BCUT2D eigenvalue weighted by molar-refractivity contribution is 0.0787. The Morgan fingerprint density at radius 3 is 2.90 bits per heavy atom. The number of carbonyl (C=O) groups is 1. The van der Waals surface area contributed by atoms with Crippen LogP contribution in [-0.2, 0) is 22.9 Å². The number of carbonyl (C=O) groups excluding carboxylic acids is 1. The van der Waals surface area contributed by atoms with Gasteiger partial charge in [0.05, 0.1) is 5.75 Å². The van der Waals surface area contributed by atoms with Gasteiger partial charge in [-0.05, 0) is 48.8 Å². The monoisotopic (exact) mass is 308 g/mol. The smallest absolute Gasteiger partial charge is 0.254 e. The number of aryl methyl sites for hydroxylation is 1. The van der Waals surface area contributed by atoms with Crippen LogP contribution in [0.25, 0.3) is 0 Å². The first-order valence-corrected chi connectivity index (χ1v) is 9.06. The van der Waals surface area contributed by atoms with Crippen LogP contribution in [0.2, 0.25) is 0 Å². The van der Waals surface area contributed by atoms with Crippen molar-refractivity contribution in [1.29, 1.82) is 0 Å². The lowest BCUT2D eigenvalue weighted by Crippen LogP contribution is -2.31. The highest BCUT2D eigenvalue weighted by Gasteiger charge is 2.30. The molecule has 3 rings (SSSR count). The molecule has 1 aromatic rings. The third-order valence-corrected chi connectivity index (χ3v) is 5.35. The van der Waals surface area contributed by atoms with Crippen molar-refractivity contribution in [2.45, 2.75) is 25.7 Å². The Morgan fingerprint density at radius 1 is 1.33 bits per heavy atom. The van der Waals surface area contributed by atoms with Gasteiger partial charge in [0, 0.05) is 18.7 Å².